The lowest BCUT2D eigenvalue weighted by molar-refractivity contribution is 0.101. The van der Waals surface area contributed by atoms with Crippen LogP contribution in [0, 0.1) is 0 Å². The lowest BCUT2D eigenvalue weighted by Crippen LogP contribution is -2.10. The van der Waals surface area contributed by atoms with Gasteiger partial charge in [0.2, 0.25) is 0 Å². The molecule has 0 saturated heterocycles. The highest BCUT2D eigenvalue weighted by molar-refractivity contribution is 4.51. The lowest BCUT2D eigenvalue weighted by atomic mass is 10.2. The molecule has 0 aliphatic carbocycles. The van der Waals surface area contributed by atoms with Crippen molar-refractivity contribution in [3.05, 3.63) is 0 Å². The van der Waals surface area contributed by atoms with Crippen molar-refractivity contribution >= 4 is 0 Å². The number of aliphatic hydroxyl groups excluding tert-OH is 5. The molecule has 0 aromatic rings. The monoisotopic (exact) mass is 406 g/mol. The molecule has 0 bridgehead atoms. The third-order valence-corrected chi connectivity index (χ3v) is 1.10. The SMILES string of the molecule is CC(C)(C)O.CC(C)(C)O.CCC(C)O.CCCCO.CCO.CO.CO. The second kappa shape index (κ2) is 40.4. The van der Waals surface area contributed by atoms with Crippen molar-refractivity contribution in [2.24, 2.45) is 0 Å². The van der Waals surface area contributed by atoms with E-state index >= 15 is 0 Å². The largest absolute Gasteiger partial charge is 0.400 e. The Morgan fingerprint density at radius 3 is 0.852 bits per heavy atom. The lowest BCUT2D eigenvalue weighted by Gasteiger charge is -2.04. The third-order valence-electron chi connectivity index (χ3n) is 1.10. The Morgan fingerprint density at radius 1 is 0.704 bits per heavy atom. The summed E-state index contributed by atoms with van der Waals surface area (Å²) in [5.41, 5.74) is -1.00. The summed E-state index contributed by atoms with van der Waals surface area (Å²) in [5, 5.41) is 55.0. The summed E-state index contributed by atoms with van der Waals surface area (Å²) < 4.78 is 0. The van der Waals surface area contributed by atoms with Crippen LogP contribution < -0.4 is 0 Å². The van der Waals surface area contributed by atoms with Crippen LogP contribution in [0.5, 0.6) is 0 Å². The van der Waals surface area contributed by atoms with Crippen LogP contribution in [0.4, 0.5) is 0 Å². The number of hydrogen-bond donors (Lipinski definition) is 7. The summed E-state index contributed by atoms with van der Waals surface area (Å²) in [6, 6.07) is 0. The molecule has 0 rings (SSSR count). The van der Waals surface area contributed by atoms with Crippen LogP contribution in [0.1, 0.15) is 88.5 Å². The minimum atomic E-state index is -0.500. The predicted octanol–water partition coefficient (Wildman–Crippen LogP) is 2.33. The van der Waals surface area contributed by atoms with E-state index in [1.54, 1.807) is 55.4 Å². The van der Waals surface area contributed by atoms with E-state index in [1.165, 1.54) is 0 Å². The summed E-state index contributed by atoms with van der Waals surface area (Å²) in [7, 11) is 2.00. The van der Waals surface area contributed by atoms with Crippen LogP contribution in [0.15, 0.2) is 0 Å². The molecule has 0 radical (unpaired) electrons. The Kier molecular flexibility index (Phi) is 68.0. The molecular formula is C20H54O7. The zero-order valence-corrected chi connectivity index (χ0v) is 20.2. The molecule has 0 spiro atoms. The van der Waals surface area contributed by atoms with Gasteiger partial charge in [0.1, 0.15) is 0 Å². The van der Waals surface area contributed by atoms with E-state index in [1.807, 2.05) is 6.92 Å². The maximum absolute atomic E-state index is 8.52. The van der Waals surface area contributed by atoms with Crippen LogP contribution >= 0.6 is 0 Å². The number of rotatable bonds is 3. The highest BCUT2D eigenvalue weighted by atomic mass is 16.3. The van der Waals surface area contributed by atoms with Gasteiger partial charge in [0.05, 0.1) is 17.3 Å². The molecule has 0 aliphatic rings. The van der Waals surface area contributed by atoms with E-state index in [0.717, 1.165) is 33.5 Å². The van der Waals surface area contributed by atoms with E-state index in [9.17, 15) is 0 Å². The van der Waals surface area contributed by atoms with Crippen molar-refractivity contribution < 1.29 is 35.7 Å². The van der Waals surface area contributed by atoms with Gasteiger partial charge in [-0.1, -0.05) is 20.3 Å². The first kappa shape index (κ1) is 45.5. The van der Waals surface area contributed by atoms with Crippen molar-refractivity contribution in [2.45, 2.75) is 106 Å². The fourth-order valence-corrected chi connectivity index (χ4v) is 0.158. The van der Waals surface area contributed by atoms with Crippen molar-refractivity contribution in [3.8, 4) is 0 Å². The van der Waals surface area contributed by atoms with Gasteiger partial charge in [0, 0.05) is 27.4 Å². The molecule has 176 valence electrons. The smallest absolute Gasteiger partial charge is 0.0563 e. The minimum Gasteiger partial charge on any atom is -0.400 e. The second-order valence-electron chi connectivity index (χ2n) is 6.99. The van der Waals surface area contributed by atoms with Crippen molar-refractivity contribution in [1.82, 2.24) is 0 Å². The summed E-state index contributed by atoms with van der Waals surface area (Å²) in [5.74, 6) is 0. The van der Waals surface area contributed by atoms with E-state index < -0.39 is 11.2 Å². The standard InChI is InChI=1S/4C4H10O.C2H6O.2CH4O/c2*1-4(2,3)5;1-3-4(2)5;1-2-3-4-5;1-2-3;2*1-2/h2*5H,1-3H3;4-5H,3H2,1-2H3;5H,2-4H2,1H3;3H,2H2,1H3;2*2H,1H3. The molecule has 1 atom stereocenters. The Balaban J connectivity index is -0.0000000356. The first-order chi connectivity index (χ1) is 12.1. The molecular weight excluding hydrogens is 352 g/mol. The average molecular weight is 407 g/mol. The first-order valence-corrected chi connectivity index (χ1v) is 9.34. The van der Waals surface area contributed by atoms with Crippen LogP contribution in [0.3, 0.4) is 0 Å². The van der Waals surface area contributed by atoms with Gasteiger partial charge < -0.3 is 35.7 Å². The van der Waals surface area contributed by atoms with E-state index in [0.29, 0.717) is 6.61 Å². The van der Waals surface area contributed by atoms with Crippen LogP contribution in [0.2, 0.25) is 0 Å². The zero-order chi connectivity index (χ0) is 24.1. The molecule has 0 amide bonds. The fourth-order valence-electron chi connectivity index (χ4n) is 0.158. The molecule has 1 unspecified atom stereocenters. The first-order valence-electron chi connectivity index (χ1n) is 9.34. The zero-order valence-electron chi connectivity index (χ0n) is 20.2. The van der Waals surface area contributed by atoms with Crippen molar-refractivity contribution in [1.29, 1.82) is 0 Å². The van der Waals surface area contributed by atoms with Crippen LogP contribution in [-0.2, 0) is 0 Å². The normalized spacial score (nSPS) is 9.89. The average Bonchev–Trinajstić information content (AvgIpc) is 2.50. The maximum atomic E-state index is 8.52. The summed E-state index contributed by atoms with van der Waals surface area (Å²) in [6.07, 6.45) is 2.78. The molecule has 0 aliphatic heterocycles. The van der Waals surface area contributed by atoms with E-state index in [2.05, 4.69) is 6.92 Å². The molecule has 0 aromatic carbocycles. The molecule has 7 heteroatoms. The van der Waals surface area contributed by atoms with Gasteiger partial charge in [0.15, 0.2) is 0 Å². The van der Waals surface area contributed by atoms with Gasteiger partial charge in [-0.15, -0.1) is 0 Å². The predicted molar refractivity (Wildman–Crippen MR) is 117 cm³/mol. The highest BCUT2D eigenvalue weighted by Gasteiger charge is 1.98. The Labute approximate surface area is 169 Å². The Hall–Kier alpha value is -0.280. The summed E-state index contributed by atoms with van der Waals surface area (Å²) in [6.45, 7) is 18.5. The molecule has 0 fully saturated rings. The number of hydrogen-bond acceptors (Lipinski definition) is 7. The highest BCUT2D eigenvalue weighted by Crippen LogP contribution is 1.93. The van der Waals surface area contributed by atoms with E-state index in [4.69, 9.17) is 35.7 Å². The van der Waals surface area contributed by atoms with Crippen molar-refractivity contribution in [2.75, 3.05) is 27.4 Å². The molecule has 0 heterocycles. The van der Waals surface area contributed by atoms with Gasteiger partial charge in [-0.05, 0) is 68.2 Å². The van der Waals surface area contributed by atoms with Gasteiger partial charge >= 0.3 is 0 Å². The Morgan fingerprint density at radius 2 is 0.852 bits per heavy atom. The molecule has 0 aromatic heterocycles. The molecule has 0 saturated carbocycles. The maximum Gasteiger partial charge on any atom is 0.0563 e. The molecule has 7 nitrogen and oxygen atoms in total. The quantitative estimate of drug-likeness (QED) is 0.381. The minimum absolute atomic E-state index is 0.116. The van der Waals surface area contributed by atoms with Crippen LogP contribution in [0.25, 0.3) is 0 Å². The molecule has 7 N–H and O–H groups in total. The summed E-state index contributed by atoms with van der Waals surface area (Å²) in [4.78, 5) is 0. The number of unbranched alkanes of at least 4 members (excludes halogenated alkanes) is 1. The van der Waals surface area contributed by atoms with Crippen molar-refractivity contribution in [3.63, 3.8) is 0 Å². The second-order valence-corrected chi connectivity index (χ2v) is 6.99. The molecule has 27 heavy (non-hydrogen) atoms. The van der Waals surface area contributed by atoms with E-state index in [-0.39, 0.29) is 12.7 Å². The van der Waals surface area contributed by atoms with Gasteiger partial charge in [-0.3, -0.25) is 0 Å². The Bertz CT molecular complexity index is 148. The van der Waals surface area contributed by atoms with Crippen LogP contribution in [-0.4, -0.2) is 80.5 Å². The van der Waals surface area contributed by atoms with Gasteiger partial charge in [-0.2, -0.15) is 0 Å². The summed E-state index contributed by atoms with van der Waals surface area (Å²) >= 11 is 0. The van der Waals surface area contributed by atoms with Gasteiger partial charge in [-0.25, -0.2) is 0 Å². The number of aliphatic hydroxyl groups is 7. The topological polar surface area (TPSA) is 142 Å². The fraction of sp³-hybridized carbons (Fsp3) is 1.00. The third kappa shape index (κ3) is 1050. The van der Waals surface area contributed by atoms with Gasteiger partial charge in [0.25, 0.3) is 0 Å².